The molecule has 2 N–H and O–H groups in total. The maximum atomic E-state index is 13.1. The molecule has 0 atom stereocenters. The Morgan fingerprint density at radius 2 is 2.07 bits per heavy atom. The minimum atomic E-state index is 0.00411. The summed E-state index contributed by atoms with van der Waals surface area (Å²) in [6, 6.07) is 11.7. The van der Waals surface area contributed by atoms with E-state index in [2.05, 4.69) is 16.3 Å². The number of carbonyl (C=O) groups excluding carboxylic acids is 1. The predicted molar refractivity (Wildman–Crippen MR) is 117 cm³/mol. The Hall–Kier alpha value is -3.00. The number of benzene rings is 1. The average Bonchev–Trinajstić information content (AvgIpc) is 3.41. The molecule has 3 aromatic rings. The van der Waals surface area contributed by atoms with Gasteiger partial charge in [0.2, 0.25) is 11.1 Å². The molecule has 0 bridgehead atoms. The molecular weight excluding hydrogens is 398 g/mol. The minimum Gasteiger partial charge on any atom is -0.467 e. The fraction of sp³-hybridized carbons (Fsp3) is 0.318. The van der Waals surface area contributed by atoms with Gasteiger partial charge in [0.15, 0.2) is 5.82 Å². The van der Waals surface area contributed by atoms with E-state index in [0.29, 0.717) is 17.5 Å². The first kappa shape index (κ1) is 20.3. The molecule has 4 rings (SSSR count). The number of nitrogen functional groups attached to an aromatic ring is 1. The van der Waals surface area contributed by atoms with Crippen molar-refractivity contribution in [3.05, 3.63) is 65.8 Å². The quantitative estimate of drug-likeness (QED) is 0.454. The maximum absolute atomic E-state index is 13.1. The van der Waals surface area contributed by atoms with Crippen LogP contribution in [0.2, 0.25) is 0 Å². The Bertz CT molecular complexity index is 1020. The van der Waals surface area contributed by atoms with Gasteiger partial charge in [0.1, 0.15) is 5.76 Å². The fourth-order valence-electron chi connectivity index (χ4n) is 3.45. The van der Waals surface area contributed by atoms with Gasteiger partial charge in [0.05, 0.1) is 18.6 Å². The van der Waals surface area contributed by atoms with Gasteiger partial charge in [-0.15, -0.1) is 10.2 Å². The summed E-state index contributed by atoms with van der Waals surface area (Å²) < 4.78 is 6.92. The lowest BCUT2D eigenvalue weighted by atomic mass is 10.0. The first-order valence-electron chi connectivity index (χ1n) is 10.0. The summed E-state index contributed by atoms with van der Waals surface area (Å²) in [4.78, 5) is 14.9. The molecule has 156 valence electrons. The van der Waals surface area contributed by atoms with Gasteiger partial charge < -0.3 is 15.2 Å². The van der Waals surface area contributed by atoms with Crippen molar-refractivity contribution < 1.29 is 9.21 Å². The number of carbonyl (C=O) groups is 1. The van der Waals surface area contributed by atoms with Crippen LogP contribution in [0.15, 0.2) is 64.0 Å². The largest absolute Gasteiger partial charge is 0.467 e. The van der Waals surface area contributed by atoms with Crippen LogP contribution in [0.3, 0.4) is 0 Å². The molecule has 0 saturated carbocycles. The number of furan rings is 1. The highest BCUT2D eigenvalue weighted by atomic mass is 32.2. The Labute approximate surface area is 179 Å². The number of hydrogen-bond donors (Lipinski definition) is 1. The molecule has 1 aliphatic rings. The van der Waals surface area contributed by atoms with Gasteiger partial charge in [0, 0.05) is 11.3 Å². The summed E-state index contributed by atoms with van der Waals surface area (Å²) in [6.45, 7) is 2.46. The van der Waals surface area contributed by atoms with Crippen LogP contribution in [0.1, 0.15) is 37.0 Å². The van der Waals surface area contributed by atoms with Crippen LogP contribution in [0.4, 0.5) is 0 Å². The molecule has 0 spiro atoms. The van der Waals surface area contributed by atoms with Crippen molar-refractivity contribution in [2.75, 3.05) is 11.6 Å². The number of hydrogen-bond acceptors (Lipinski definition) is 6. The topological polar surface area (TPSA) is 90.2 Å². The van der Waals surface area contributed by atoms with E-state index in [1.54, 1.807) is 6.26 Å². The molecule has 0 aliphatic heterocycles. The van der Waals surface area contributed by atoms with Gasteiger partial charge in [-0.1, -0.05) is 47.7 Å². The van der Waals surface area contributed by atoms with E-state index in [4.69, 9.17) is 10.3 Å². The third kappa shape index (κ3) is 4.59. The van der Waals surface area contributed by atoms with E-state index >= 15 is 0 Å². The highest BCUT2D eigenvalue weighted by Gasteiger charge is 2.22. The van der Waals surface area contributed by atoms with Gasteiger partial charge in [0.25, 0.3) is 0 Å². The molecular formula is C22H25N5O2S. The number of allylic oxidation sites excluding steroid dienone is 2. The standard InChI is InChI=1S/C22H25N5O2S/c1-16-9-11-17(12-10-16)21-24-25-22(27(21)23)30-15-20(28)26(14-19-8-5-13-29-19)18-6-3-2-4-7-18/h5-6,8-13H,2-4,7,14-15,23H2,1H3. The van der Waals surface area contributed by atoms with Crippen molar-refractivity contribution in [1.82, 2.24) is 19.8 Å². The van der Waals surface area contributed by atoms with E-state index in [1.165, 1.54) is 22.9 Å². The molecule has 1 amide bonds. The smallest absolute Gasteiger partial charge is 0.237 e. The summed E-state index contributed by atoms with van der Waals surface area (Å²) in [5.74, 6) is 7.78. The summed E-state index contributed by atoms with van der Waals surface area (Å²) in [5, 5.41) is 8.89. The van der Waals surface area contributed by atoms with Crippen molar-refractivity contribution in [3.63, 3.8) is 0 Å². The zero-order valence-electron chi connectivity index (χ0n) is 17.0. The molecule has 0 unspecified atom stereocenters. The Kier molecular flexibility index (Phi) is 6.23. The molecule has 1 aliphatic carbocycles. The summed E-state index contributed by atoms with van der Waals surface area (Å²) in [6.07, 6.45) is 7.96. The number of thioether (sulfide) groups is 1. The molecule has 2 heterocycles. The van der Waals surface area contributed by atoms with Crippen molar-refractivity contribution in [1.29, 1.82) is 0 Å². The van der Waals surface area contributed by atoms with Gasteiger partial charge in [-0.3, -0.25) is 4.79 Å². The summed E-state index contributed by atoms with van der Waals surface area (Å²) in [5.41, 5.74) is 3.12. The first-order chi connectivity index (χ1) is 14.6. The molecule has 0 radical (unpaired) electrons. The molecule has 7 nitrogen and oxygen atoms in total. The third-order valence-corrected chi connectivity index (χ3v) is 6.04. The van der Waals surface area contributed by atoms with E-state index in [1.807, 2.05) is 48.2 Å². The first-order valence-corrected chi connectivity index (χ1v) is 11.0. The summed E-state index contributed by atoms with van der Waals surface area (Å²) in [7, 11) is 0. The minimum absolute atomic E-state index is 0.00411. The number of nitrogens with zero attached hydrogens (tertiary/aromatic N) is 4. The van der Waals surface area contributed by atoms with E-state index in [0.717, 1.165) is 41.8 Å². The van der Waals surface area contributed by atoms with Crippen LogP contribution in [0, 0.1) is 6.92 Å². The third-order valence-electron chi connectivity index (χ3n) is 5.11. The Balaban J connectivity index is 1.46. The lowest BCUT2D eigenvalue weighted by Crippen LogP contribution is -2.32. The zero-order chi connectivity index (χ0) is 20.9. The van der Waals surface area contributed by atoms with Crippen LogP contribution in [0.25, 0.3) is 11.4 Å². The molecule has 0 fully saturated rings. The van der Waals surface area contributed by atoms with Crippen LogP contribution in [0.5, 0.6) is 0 Å². The molecule has 0 saturated heterocycles. The maximum Gasteiger partial charge on any atom is 0.237 e. The van der Waals surface area contributed by atoms with Crippen molar-refractivity contribution >= 4 is 17.7 Å². The van der Waals surface area contributed by atoms with Crippen LogP contribution < -0.4 is 5.84 Å². The highest BCUT2D eigenvalue weighted by Crippen LogP contribution is 2.26. The Morgan fingerprint density at radius 1 is 1.23 bits per heavy atom. The van der Waals surface area contributed by atoms with E-state index < -0.39 is 0 Å². The van der Waals surface area contributed by atoms with Gasteiger partial charge in [-0.2, -0.15) is 0 Å². The second-order valence-electron chi connectivity index (χ2n) is 7.33. The van der Waals surface area contributed by atoms with Crippen molar-refractivity contribution in [3.8, 4) is 11.4 Å². The summed E-state index contributed by atoms with van der Waals surface area (Å²) >= 11 is 1.29. The van der Waals surface area contributed by atoms with Crippen LogP contribution in [-0.2, 0) is 11.3 Å². The predicted octanol–water partition coefficient (Wildman–Crippen LogP) is 4.14. The number of rotatable bonds is 7. The lowest BCUT2D eigenvalue weighted by Gasteiger charge is -2.27. The normalized spacial score (nSPS) is 13.8. The van der Waals surface area contributed by atoms with Gasteiger partial charge >= 0.3 is 0 Å². The molecule has 30 heavy (non-hydrogen) atoms. The van der Waals surface area contributed by atoms with Crippen molar-refractivity contribution in [2.45, 2.75) is 44.3 Å². The Morgan fingerprint density at radius 3 is 2.77 bits per heavy atom. The second-order valence-corrected chi connectivity index (χ2v) is 8.27. The zero-order valence-corrected chi connectivity index (χ0v) is 17.8. The average molecular weight is 424 g/mol. The van der Waals surface area contributed by atoms with Crippen LogP contribution in [-0.4, -0.2) is 31.4 Å². The van der Waals surface area contributed by atoms with Gasteiger partial charge in [-0.05, 0) is 44.7 Å². The second kappa shape index (κ2) is 9.21. The monoisotopic (exact) mass is 423 g/mol. The number of nitrogens with two attached hydrogens (primary N) is 1. The van der Waals surface area contributed by atoms with Crippen molar-refractivity contribution in [2.24, 2.45) is 0 Å². The van der Waals surface area contributed by atoms with E-state index in [9.17, 15) is 4.79 Å². The molecule has 1 aromatic carbocycles. The molecule has 2 aromatic heterocycles. The van der Waals surface area contributed by atoms with E-state index in [-0.39, 0.29) is 11.7 Å². The molecule has 8 heteroatoms. The highest BCUT2D eigenvalue weighted by molar-refractivity contribution is 7.99. The lowest BCUT2D eigenvalue weighted by molar-refractivity contribution is -0.127. The SMILES string of the molecule is Cc1ccc(-c2nnc(SCC(=O)N(Cc3ccco3)C3=CCCCC3)n2N)cc1. The fourth-order valence-corrected chi connectivity index (χ4v) is 4.19. The number of aryl methyl sites for hydroxylation is 1. The number of aromatic nitrogens is 3. The van der Waals surface area contributed by atoms with Gasteiger partial charge in [-0.25, -0.2) is 4.68 Å². The van der Waals surface area contributed by atoms with Crippen LogP contribution >= 0.6 is 11.8 Å². The number of amides is 1.